The van der Waals surface area contributed by atoms with Gasteiger partial charge in [-0.3, -0.25) is 14.6 Å². The number of rotatable bonds is 5. The van der Waals surface area contributed by atoms with Gasteiger partial charge in [0.2, 0.25) is 5.91 Å². The fourth-order valence-corrected chi connectivity index (χ4v) is 4.67. The molecule has 170 valence electrons. The quantitative estimate of drug-likeness (QED) is 0.576. The van der Waals surface area contributed by atoms with Crippen molar-refractivity contribution in [2.75, 3.05) is 18.4 Å². The molecule has 5 rings (SSSR count). The van der Waals surface area contributed by atoms with Crippen LogP contribution in [0.4, 0.5) is 5.82 Å². The third-order valence-electron chi connectivity index (χ3n) is 6.43. The largest absolute Gasteiger partial charge is 0.338 e. The number of benzene rings is 1. The van der Waals surface area contributed by atoms with Gasteiger partial charge in [-0.2, -0.15) is 0 Å². The maximum Gasteiger partial charge on any atom is 0.258 e. The summed E-state index contributed by atoms with van der Waals surface area (Å²) >= 11 is 0. The van der Waals surface area contributed by atoms with Crippen LogP contribution in [-0.4, -0.2) is 39.8 Å². The predicted octanol–water partition coefficient (Wildman–Crippen LogP) is 4.61. The van der Waals surface area contributed by atoms with Crippen molar-refractivity contribution in [1.82, 2.24) is 14.9 Å². The van der Waals surface area contributed by atoms with E-state index >= 15 is 0 Å². The molecule has 34 heavy (non-hydrogen) atoms. The van der Waals surface area contributed by atoms with Gasteiger partial charge >= 0.3 is 0 Å². The highest BCUT2D eigenvalue weighted by Crippen LogP contribution is 2.40. The van der Waals surface area contributed by atoms with Crippen molar-refractivity contribution in [3.63, 3.8) is 0 Å². The molecule has 6 heteroatoms. The van der Waals surface area contributed by atoms with Crippen molar-refractivity contribution >= 4 is 29.3 Å². The number of anilines is 1. The second kappa shape index (κ2) is 9.43. The van der Waals surface area contributed by atoms with Crippen molar-refractivity contribution in [3.8, 4) is 0 Å². The number of aromatic nitrogens is 2. The average molecular weight is 451 g/mol. The lowest BCUT2D eigenvalue weighted by molar-refractivity contribution is -0.125. The van der Waals surface area contributed by atoms with E-state index in [0.717, 1.165) is 30.6 Å². The first-order valence-corrected chi connectivity index (χ1v) is 11.5. The van der Waals surface area contributed by atoms with E-state index in [0.29, 0.717) is 23.2 Å². The van der Waals surface area contributed by atoms with Crippen molar-refractivity contribution in [2.45, 2.75) is 13.3 Å². The Morgan fingerprint density at radius 1 is 1.06 bits per heavy atom. The second-order valence-corrected chi connectivity index (χ2v) is 8.94. The van der Waals surface area contributed by atoms with Crippen LogP contribution < -0.4 is 5.32 Å². The Morgan fingerprint density at radius 2 is 1.91 bits per heavy atom. The first-order valence-electron chi connectivity index (χ1n) is 11.5. The molecule has 0 bridgehead atoms. The van der Waals surface area contributed by atoms with Crippen LogP contribution in [0, 0.1) is 18.8 Å². The average Bonchev–Trinajstić information content (AvgIpc) is 3.44. The summed E-state index contributed by atoms with van der Waals surface area (Å²) in [5.41, 5.74) is 4.89. The minimum absolute atomic E-state index is 0.0217. The number of hydrogen-bond acceptors (Lipinski definition) is 4. The van der Waals surface area contributed by atoms with E-state index in [9.17, 15) is 9.59 Å². The fraction of sp³-hybridized carbons (Fsp3) is 0.214. The van der Waals surface area contributed by atoms with Crippen LogP contribution in [0.15, 0.2) is 79.3 Å². The second-order valence-electron chi connectivity index (χ2n) is 8.94. The molecule has 1 aliphatic heterocycles. The van der Waals surface area contributed by atoms with Gasteiger partial charge in [0.1, 0.15) is 5.82 Å². The molecule has 1 saturated heterocycles. The predicted molar refractivity (Wildman–Crippen MR) is 133 cm³/mol. The standard InChI is InChI=1S/C28H26N4O2/c1-19-11-23(16-29-14-19)28(34)31-26-9-7-20(15-30-26)8-10-27(33)32-17-24-12-22(13-25(24)18-32)21-5-3-2-4-6-21/h2-12,14-16,24-25H,13,17-18H2,1H3,(H,30,31,34). The van der Waals surface area contributed by atoms with Gasteiger partial charge < -0.3 is 10.2 Å². The van der Waals surface area contributed by atoms with Crippen molar-refractivity contribution in [3.05, 3.63) is 102 Å². The monoisotopic (exact) mass is 450 g/mol. The molecule has 2 aromatic heterocycles. The number of nitrogens with zero attached hydrogens (tertiary/aromatic N) is 3. The van der Waals surface area contributed by atoms with E-state index in [1.807, 2.05) is 24.0 Å². The summed E-state index contributed by atoms with van der Waals surface area (Å²) in [6.07, 6.45) is 11.6. The van der Waals surface area contributed by atoms with Crippen LogP contribution in [0.25, 0.3) is 11.6 Å². The topological polar surface area (TPSA) is 75.2 Å². The Bertz CT molecular complexity index is 1270. The zero-order valence-corrected chi connectivity index (χ0v) is 19.0. The minimum Gasteiger partial charge on any atom is -0.338 e. The summed E-state index contributed by atoms with van der Waals surface area (Å²) in [5.74, 6) is 1.14. The van der Waals surface area contributed by atoms with Crippen LogP contribution >= 0.6 is 0 Å². The fourth-order valence-electron chi connectivity index (χ4n) is 4.67. The summed E-state index contributed by atoms with van der Waals surface area (Å²) in [5, 5.41) is 2.77. The molecule has 0 radical (unpaired) electrons. The van der Waals surface area contributed by atoms with Gasteiger partial charge in [0, 0.05) is 37.8 Å². The van der Waals surface area contributed by atoms with Gasteiger partial charge in [-0.05, 0) is 71.7 Å². The highest BCUT2D eigenvalue weighted by molar-refractivity contribution is 6.03. The highest BCUT2D eigenvalue weighted by atomic mass is 16.2. The molecule has 6 nitrogen and oxygen atoms in total. The van der Waals surface area contributed by atoms with E-state index in [2.05, 4.69) is 45.6 Å². The van der Waals surface area contributed by atoms with Gasteiger partial charge in [-0.25, -0.2) is 4.98 Å². The number of aryl methyl sites for hydroxylation is 1. The van der Waals surface area contributed by atoms with Gasteiger partial charge in [0.15, 0.2) is 0 Å². The Balaban J connectivity index is 1.16. The molecule has 0 spiro atoms. The summed E-state index contributed by atoms with van der Waals surface area (Å²) in [6.45, 7) is 3.44. The van der Waals surface area contributed by atoms with E-state index in [1.54, 1.807) is 36.7 Å². The molecule has 0 saturated carbocycles. The first kappa shape index (κ1) is 21.8. The Morgan fingerprint density at radius 3 is 2.65 bits per heavy atom. The maximum absolute atomic E-state index is 12.7. The van der Waals surface area contributed by atoms with Crippen LogP contribution in [-0.2, 0) is 4.79 Å². The molecular formula is C28H26N4O2. The molecule has 2 amide bonds. The third kappa shape index (κ3) is 4.81. The maximum atomic E-state index is 12.7. The Hall–Kier alpha value is -4.06. The summed E-state index contributed by atoms with van der Waals surface area (Å²) < 4.78 is 0. The lowest BCUT2D eigenvalue weighted by Gasteiger charge is -2.15. The van der Waals surface area contributed by atoms with E-state index in [1.165, 1.54) is 17.3 Å². The van der Waals surface area contributed by atoms with Crippen LogP contribution in [0.5, 0.6) is 0 Å². The van der Waals surface area contributed by atoms with E-state index in [-0.39, 0.29) is 11.8 Å². The molecule has 1 aliphatic carbocycles. The van der Waals surface area contributed by atoms with Crippen LogP contribution in [0.3, 0.4) is 0 Å². The Kier molecular flexibility index (Phi) is 6.04. The zero-order valence-electron chi connectivity index (χ0n) is 19.0. The summed E-state index contributed by atoms with van der Waals surface area (Å²) in [4.78, 5) is 35.3. The number of carbonyl (C=O) groups is 2. The molecule has 2 unspecified atom stereocenters. The highest BCUT2D eigenvalue weighted by Gasteiger charge is 2.37. The summed E-state index contributed by atoms with van der Waals surface area (Å²) in [6, 6.07) is 15.8. The lowest BCUT2D eigenvalue weighted by Crippen LogP contribution is -2.27. The summed E-state index contributed by atoms with van der Waals surface area (Å²) in [7, 11) is 0. The van der Waals surface area contributed by atoms with Gasteiger partial charge in [-0.1, -0.05) is 36.4 Å². The molecule has 2 aliphatic rings. The number of fused-ring (bicyclic) bond motifs is 1. The SMILES string of the molecule is Cc1cncc(C(=O)Nc2ccc(C=CC(=O)N3CC4C=C(c5ccccc5)CC4C3)cn2)c1. The van der Waals surface area contributed by atoms with Crippen molar-refractivity contribution < 1.29 is 9.59 Å². The number of hydrogen-bond donors (Lipinski definition) is 1. The van der Waals surface area contributed by atoms with E-state index < -0.39 is 0 Å². The van der Waals surface area contributed by atoms with Crippen LogP contribution in [0.2, 0.25) is 0 Å². The third-order valence-corrected chi connectivity index (χ3v) is 6.43. The molecule has 3 aromatic rings. The van der Waals surface area contributed by atoms with Gasteiger partial charge in [-0.15, -0.1) is 0 Å². The van der Waals surface area contributed by atoms with E-state index in [4.69, 9.17) is 0 Å². The number of allylic oxidation sites excluding steroid dienone is 1. The van der Waals surface area contributed by atoms with Gasteiger partial charge in [0.25, 0.3) is 5.91 Å². The van der Waals surface area contributed by atoms with Crippen LogP contribution in [0.1, 0.15) is 33.5 Å². The molecule has 1 N–H and O–H groups in total. The van der Waals surface area contributed by atoms with Crippen molar-refractivity contribution in [1.29, 1.82) is 0 Å². The Labute approximate surface area is 199 Å². The molecule has 1 fully saturated rings. The lowest BCUT2D eigenvalue weighted by atomic mass is 9.98. The number of pyridine rings is 2. The normalized spacial score (nSPS) is 19.2. The number of amides is 2. The zero-order chi connectivity index (χ0) is 23.5. The number of likely N-dealkylation sites (tertiary alicyclic amines) is 1. The minimum atomic E-state index is -0.258. The first-order chi connectivity index (χ1) is 16.5. The molecule has 2 atom stereocenters. The molecular weight excluding hydrogens is 424 g/mol. The smallest absolute Gasteiger partial charge is 0.258 e. The number of carbonyl (C=O) groups excluding carboxylic acids is 2. The van der Waals surface area contributed by atoms with Gasteiger partial charge in [0.05, 0.1) is 5.56 Å². The van der Waals surface area contributed by atoms with Crippen molar-refractivity contribution in [2.24, 2.45) is 11.8 Å². The number of nitrogens with one attached hydrogen (secondary N) is 1. The molecule has 1 aromatic carbocycles. The molecule has 3 heterocycles.